The van der Waals surface area contributed by atoms with Crippen LogP contribution in [0.3, 0.4) is 0 Å². The molecule has 2 heterocycles. The molecule has 2 aliphatic heterocycles. The number of pyridine rings is 1. The molecule has 144 valence electrons. The molecule has 0 aliphatic carbocycles. The number of H-pyrrole nitrogens is 1. The van der Waals surface area contributed by atoms with Crippen molar-refractivity contribution in [1.29, 1.82) is 0 Å². The lowest BCUT2D eigenvalue weighted by Gasteiger charge is -2.23. The van der Waals surface area contributed by atoms with Gasteiger partial charge in [0.15, 0.2) is 5.82 Å². The first-order valence-corrected chi connectivity index (χ1v) is 9.65. The van der Waals surface area contributed by atoms with E-state index >= 15 is 4.39 Å². The predicted molar refractivity (Wildman–Crippen MR) is 119 cm³/mol. The van der Waals surface area contributed by atoms with Crippen molar-refractivity contribution in [1.82, 2.24) is 9.55 Å². The van der Waals surface area contributed by atoms with Gasteiger partial charge in [0.05, 0.1) is 23.3 Å². The number of aryl methyl sites for hydroxylation is 1. The number of hydrogen-bond donors (Lipinski definition) is 1. The molecule has 3 aromatic rings. The number of benzene rings is 3. The summed E-state index contributed by atoms with van der Waals surface area (Å²) in [6.07, 6.45) is 1.95. The molecule has 3 aromatic carbocycles. The zero-order valence-corrected chi connectivity index (χ0v) is 16.5. The smallest absolute Gasteiger partial charge is 0.151 e. The molecule has 0 saturated carbocycles. The normalized spacial score (nSPS) is 11.7. The Morgan fingerprint density at radius 1 is 1.17 bits per heavy atom. The molecule has 0 unspecified atom stereocenters. The summed E-state index contributed by atoms with van der Waals surface area (Å²) in [4.78, 5) is 3.33. The maximum Gasteiger partial charge on any atom is 0.151 e. The largest absolute Gasteiger partial charge is 0.494 e. The number of fused-ring (bicyclic) bond motifs is 3. The van der Waals surface area contributed by atoms with Crippen LogP contribution in [0.4, 0.5) is 4.39 Å². The quantitative estimate of drug-likeness (QED) is 0.236. The summed E-state index contributed by atoms with van der Waals surface area (Å²) < 4.78 is 22.8. The minimum absolute atomic E-state index is 0.249. The number of nitrogens with zero attached hydrogens (tertiary/aromatic N) is 1. The van der Waals surface area contributed by atoms with E-state index in [1.165, 1.54) is 0 Å². The first-order chi connectivity index (χ1) is 14.0. The minimum Gasteiger partial charge on any atom is -0.494 e. The first-order valence-electron chi connectivity index (χ1n) is 9.65. The molecule has 0 amide bonds. The molecule has 0 atom stereocenters. The van der Waals surface area contributed by atoms with Crippen LogP contribution in [0.1, 0.15) is 18.1 Å². The zero-order chi connectivity index (χ0) is 20.3. The number of aromatic nitrogens is 2. The molecule has 0 bridgehead atoms. The second kappa shape index (κ2) is 6.24. The van der Waals surface area contributed by atoms with Crippen LogP contribution < -0.4 is 5.22 Å². The van der Waals surface area contributed by atoms with E-state index in [4.69, 9.17) is 4.74 Å². The number of hydrogen-bond acceptors (Lipinski definition) is 1. The number of rotatable bonds is 3. The van der Waals surface area contributed by atoms with Crippen LogP contribution in [0.15, 0.2) is 55.2 Å². The molecule has 29 heavy (non-hydrogen) atoms. The summed E-state index contributed by atoms with van der Waals surface area (Å²) in [6.45, 7) is 12.6. The summed E-state index contributed by atoms with van der Waals surface area (Å²) in [5, 5.41) is 3.88. The summed E-state index contributed by atoms with van der Waals surface area (Å²) in [7, 11) is 0. The monoisotopic (exact) mass is 384 g/mol. The van der Waals surface area contributed by atoms with Crippen LogP contribution in [-0.2, 0) is 4.74 Å². The van der Waals surface area contributed by atoms with Gasteiger partial charge in [0.2, 0.25) is 0 Å². The fraction of sp³-hybridized carbons (Fsp3) is 0.120. The van der Waals surface area contributed by atoms with Crippen LogP contribution in [0.2, 0.25) is 0 Å². The minimum atomic E-state index is -0.249. The molecule has 0 aromatic heterocycles. The average molecular weight is 384 g/mol. The van der Waals surface area contributed by atoms with E-state index in [1.807, 2.05) is 35.9 Å². The van der Waals surface area contributed by atoms with E-state index in [1.54, 1.807) is 6.92 Å². The lowest BCUT2D eigenvalue weighted by molar-refractivity contribution is 0.299. The van der Waals surface area contributed by atoms with Crippen LogP contribution in [0.5, 0.6) is 0 Å². The highest BCUT2D eigenvalue weighted by molar-refractivity contribution is 6.00. The molecule has 0 spiro atoms. The maximum atomic E-state index is 15.1. The van der Waals surface area contributed by atoms with E-state index < -0.39 is 0 Å². The SMILES string of the molecule is C=C(OCC)c1cn2c3cc4ccccc4cc3[nH]c3c(F)c(C)cc(c3-2)c1=C. The van der Waals surface area contributed by atoms with Crippen molar-refractivity contribution in [2.45, 2.75) is 13.8 Å². The van der Waals surface area contributed by atoms with E-state index in [0.717, 1.165) is 43.7 Å². The zero-order valence-electron chi connectivity index (χ0n) is 16.5. The summed E-state index contributed by atoms with van der Waals surface area (Å²) in [5.41, 5.74) is 4.44. The molecule has 0 fully saturated rings. The molecule has 3 nitrogen and oxygen atoms in total. The van der Waals surface area contributed by atoms with Gasteiger partial charge >= 0.3 is 0 Å². The Labute approximate surface area is 167 Å². The van der Waals surface area contributed by atoms with Crippen molar-refractivity contribution in [2.75, 3.05) is 6.61 Å². The lowest BCUT2D eigenvalue weighted by Crippen LogP contribution is -2.18. The van der Waals surface area contributed by atoms with Crippen LogP contribution >= 0.6 is 0 Å². The molecular formula is C25H21FN2O. The Bertz CT molecular complexity index is 1470. The van der Waals surface area contributed by atoms with Gasteiger partial charge in [-0.1, -0.05) is 37.4 Å². The van der Waals surface area contributed by atoms with E-state index in [0.29, 0.717) is 23.4 Å². The van der Waals surface area contributed by atoms with Gasteiger partial charge in [-0.05, 0) is 53.6 Å². The predicted octanol–water partition coefficient (Wildman–Crippen LogP) is 5.85. The summed E-state index contributed by atoms with van der Waals surface area (Å²) in [5.74, 6) is 0.313. The number of nitrogens with one attached hydrogen (secondary N) is 1. The molecule has 1 N–H and O–H groups in total. The van der Waals surface area contributed by atoms with Gasteiger partial charge < -0.3 is 14.3 Å². The van der Waals surface area contributed by atoms with Crippen molar-refractivity contribution in [3.8, 4) is 5.69 Å². The van der Waals surface area contributed by atoms with Gasteiger partial charge in [0, 0.05) is 17.1 Å². The number of halogens is 1. The van der Waals surface area contributed by atoms with Crippen LogP contribution in [0.25, 0.3) is 50.7 Å². The topological polar surface area (TPSA) is 29.9 Å². The fourth-order valence-corrected chi connectivity index (χ4v) is 4.14. The number of aromatic amines is 1. The van der Waals surface area contributed by atoms with Crippen molar-refractivity contribution in [2.24, 2.45) is 0 Å². The summed E-state index contributed by atoms with van der Waals surface area (Å²) in [6, 6.07) is 14.2. The van der Waals surface area contributed by atoms with Gasteiger partial charge in [0.1, 0.15) is 11.3 Å². The Hall–Kier alpha value is -3.53. The third-order valence-corrected chi connectivity index (χ3v) is 5.57. The maximum absolute atomic E-state index is 15.1. The Kier molecular flexibility index (Phi) is 3.78. The number of ether oxygens (including phenoxy) is 1. The summed E-state index contributed by atoms with van der Waals surface area (Å²) >= 11 is 0. The third-order valence-electron chi connectivity index (χ3n) is 5.57. The van der Waals surface area contributed by atoms with Gasteiger partial charge in [0.25, 0.3) is 0 Å². The van der Waals surface area contributed by atoms with Gasteiger partial charge in [-0.3, -0.25) is 0 Å². The first kappa shape index (κ1) is 17.6. The highest BCUT2D eigenvalue weighted by Gasteiger charge is 2.20. The van der Waals surface area contributed by atoms with E-state index in [9.17, 15) is 0 Å². The standard InChI is InChI=1S/C25H21FN2O/c1-5-29-16(4)20-13-28-22-12-18-9-7-6-8-17(18)11-21(22)27-24-23(26)14(2)10-19(15(20)3)25(24)28/h6-13,27H,3-5H2,1-2H3. The lowest BCUT2D eigenvalue weighted by atomic mass is 10.0. The molecule has 0 saturated heterocycles. The van der Waals surface area contributed by atoms with Crippen LogP contribution in [0, 0.1) is 12.7 Å². The molecule has 4 heteroatoms. The van der Waals surface area contributed by atoms with Crippen molar-refractivity contribution in [3.63, 3.8) is 0 Å². The fourth-order valence-electron chi connectivity index (χ4n) is 4.14. The van der Waals surface area contributed by atoms with E-state index in [-0.39, 0.29) is 5.82 Å². The van der Waals surface area contributed by atoms with Crippen molar-refractivity contribution >= 4 is 45.0 Å². The van der Waals surface area contributed by atoms with Crippen molar-refractivity contribution in [3.05, 3.63) is 77.4 Å². The third kappa shape index (κ3) is 2.49. The van der Waals surface area contributed by atoms with Gasteiger partial charge in [-0.2, -0.15) is 0 Å². The second-order valence-electron chi connectivity index (χ2n) is 7.37. The highest BCUT2D eigenvalue weighted by Crippen LogP contribution is 2.33. The van der Waals surface area contributed by atoms with Crippen molar-refractivity contribution < 1.29 is 9.13 Å². The van der Waals surface area contributed by atoms with Gasteiger partial charge in [-0.15, -0.1) is 0 Å². The molecule has 0 radical (unpaired) electrons. The average Bonchev–Trinajstić information content (AvgIpc) is 2.72. The molecule has 5 rings (SSSR count). The molecular weight excluding hydrogens is 363 g/mol. The van der Waals surface area contributed by atoms with Gasteiger partial charge in [-0.25, -0.2) is 4.39 Å². The molecule has 2 aliphatic rings. The Morgan fingerprint density at radius 2 is 1.90 bits per heavy atom. The Balaban J connectivity index is 2.04. The van der Waals surface area contributed by atoms with Crippen LogP contribution in [-0.4, -0.2) is 16.2 Å². The second-order valence-corrected chi connectivity index (χ2v) is 7.37. The highest BCUT2D eigenvalue weighted by atomic mass is 19.1. The van der Waals surface area contributed by atoms with E-state index in [2.05, 4.69) is 42.4 Å². The Morgan fingerprint density at radius 3 is 2.62 bits per heavy atom.